The highest BCUT2D eigenvalue weighted by molar-refractivity contribution is 6.01. The molecule has 7 nitrogen and oxygen atoms in total. The normalized spacial score (nSPS) is 10.3. The maximum atomic E-state index is 12.4. The van der Waals surface area contributed by atoms with Gasteiger partial charge in [-0.25, -0.2) is 0 Å². The molecule has 0 aliphatic carbocycles. The van der Waals surface area contributed by atoms with Gasteiger partial charge in [-0.2, -0.15) is 0 Å². The minimum atomic E-state index is -0.193. The van der Waals surface area contributed by atoms with E-state index in [0.717, 1.165) is 10.9 Å². The molecular formula is C20H21N3O4. The quantitative estimate of drug-likeness (QED) is 0.667. The summed E-state index contributed by atoms with van der Waals surface area (Å²) in [6.45, 7) is 0.0713. The molecule has 0 fully saturated rings. The molecule has 140 valence electrons. The van der Waals surface area contributed by atoms with Crippen LogP contribution in [0.15, 0.2) is 48.7 Å². The van der Waals surface area contributed by atoms with E-state index in [0.29, 0.717) is 28.6 Å². The Morgan fingerprint density at radius 2 is 1.70 bits per heavy atom. The standard InChI is InChI=1S/C20H21N3O4/c1-25-16-10-14(11-17(26-2)20(16)27-3)22-12-18(24)23-15-8-4-6-13-7-5-9-21-19(13)15/h4-11,22H,12H2,1-3H3,(H,23,24). The molecule has 2 N–H and O–H groups in total. The van der Waals surface area contributed by atoms with E-state index in [4.69, 9.17) is 14.2 Å². The highest BCUT2D eigenvalue weighted by atomic mass is 16.5. The molecule has 0 unspecified atom stereocenters. The maximum absolute atomic E-state index is 12.4. The summed E-state index contributed by atoms with van der Waals surface area (Å²) in [5.74, 6) is 1.33. The predicted octanol–water partition coefficient (Wildman–Crippen LogP) is 3.31. The Labute approximate surface area is 157 Å². The van der Waals surface area contributed by atoms with Crippen LogP contribution in [-0.2, 0) is 4.79 Å². The molecule has 2 aromatic carbocycles. The number of carbonyl (C=O) groups is 1. The van der Waals surface area contributed by atoms with Crippen LogP contribution in [-0.4, -0.2) is 38.8 Å². The molecule has 0 atom stereocenters. The Hall–Kier alpha value is -3.48. The first-order valence-corrected chi connectivity index (χ1v) is 8.33. The SMILES string of the molecule is COc1cc(NCC(=O)Nc2cccc3cccnc23)cc(OC)c1OC. The van der Waals surface area contributed by atoms with Crippen molar-refractivity contribution in [2.24, 2.45) is 0 Å². The largest absolute Gasteiger partial charge is 0.493 e. The first-order valence-electron chi connectivity index (χ1n) is 8.33. The van der Waals surface area contributed by atoms with E-state index in [1.165, 1.54) is 0 Å². The zero-order valence-corrected chi connectivity index (χ0v) is 15.4. The number of fused-ring (bicyclic) bond motifs is 1. The molecule has 1 heterocycles. The van der Waals surface area contributed by atoms with Crippen LogP contribution in [0, 0.1) is 0 Å². The molecule has 0 radical (unpaired) electrons. The summed E-state index contributed by atoms with van der Waals surface area (Å²) in [4.78, 5) is 16.7. The second kappa shape index (κ2) is 8.27. The van der Waals surface area contributed by atoms with Crippen LogP contribution >= 0.6 is 0 Å². The molecule has 0 bridgehead atoms. The summed E-state index contributed by atoms with van der Waals surface area (Å²) in [5.41, 5.74) is 2.10. The van der Waals surface area contributed by atoms with Gasteiger partial charge in [-0.3, -0.25) is 9.78 Å². The molecule has 0 saturated carbocycles. The van der Waals surface area contributed by atoms with Crippen molar-refractivity contribution < 1.29 is 19.0 Å². The number of carbonyl (C=O) groups excluding carboxylic acids is 1. The van der Waals surface area contributed by atoms with E-state index in [-0.39, 0.29) is 12.5 Å². The van der Waals surface area contributed by atoms with Crippen LogP contribution in [0.4, 0.5) is 11.4 Å². The predicted molar refractivity (Wildman–Crippen MR) is 105 cm³/mol. The van der Waals surface area contributed by atoms with Crippen LogP contribution in [0.25, 0.3) is 10.9 Å². The number of hydrogen-bond acceptors (Lipinski definition) is 6. The fourth-order valence-corrected chi connectivity index (χ4v) is 2.76. The Morgan fingerprint density at radius 3 is 2.37 bits per heavy atom. The number of ether oxygens (including phenoxy) is 3. The molecule has 27 heavy (non-hydrogen) atoms. The third-order valence-corrected chi connectivity index (χ3v) is 4.02. The fourth-order valence-electron chi connectivity index (χ4n) is 2.76. The number of anilines is 2. The number of pyridine rings is 1. The second-order valence-corrected chi connectivity index (χ2v) is 5.70. The Bertz CT molecular complexity index is 929. The smallest absolute Gasteiger partial charge is 0.243 e. The van der Waals surface area contributed by atoms with Crippen LogP contribution < -0.4 is 24.8 Å². The summed E-state index contributed by atoms with van der Waals surface area (Å²) in [7, 11) is 4.63. The molecule has 7 heteroatoms. The number of nitrogens with zero attached hydrogens (tertiary/aromatic N) is 1. The number of nitrogens with one attached hydrogen (secondary N) is 2. The Balaban J connectivity index is 1.72. The average molecular weight is 367 g/mol. The lowest BCUT2D eigenvalue weighted by Gasteiger charge is -2.15. The summed E-state index contributed by atoms with van der Waals surface area (Å²) in [6, 6.07) is 13.0. The van der Waals surface area contributed by atoms with Crippen molar-refractivity contribution in [1.82, 2.24) is 4.98 Å². The van der Waals surface area contributed by atoms with Crippen molar-refractivity contribution in [2.75, 3.05) is 38.5 Å². The lowest BCUT2D eigenvalue weighted by Crippen LogP contribution is -2.22. The average Bonchev–Trinajstić information content (AvgIpc) is 2.71. The molecule has 3 rings (SSSR count). The van der Waals surface area contributed by atoms with Crippen LogP contribution in [0.1, 0.15) is 0 Å². The van der Waals surface area contributed by atoms with Gasteiger partial charge in [0, 0.05) is 29.4 Å². The highest BCUT2D eigenvalue weighted by Crippen LogP contribution is 2.39. The number of para-hydroxylation sites is 1. The summed E-state index contributed by atoms with van der Waals surface area (Å²) < 4.78 is 15.9. The summed E-state index contributed by atoms with van der Waals surface area (Å²) >= 11 is 0. The van der Waals surface area contributed by atoms with Gasteiger partial charge in [0.2, 0.25) is 11.7 Å². The molecule has 0 aliphatic heterocycles. The van der Waals surface area contributed by atoms with Crippen molar-refractivity contribution in [3.63, 3.8) is 0 Å². The van der Waals surface area contributed by atoms with Gasteiger partial charge in [-0.1, -0.05) is 18.2 Å². The molecule has 1 amide bonds. The summed E-state index contributed by atoms with van der Waals surface area (Å²) in [6.07, 6.45) is 1.70. The second-order valence-electron chi connectivity index (χ2n) is 5.70. The minimum absolute atomic E-state index is 0.0713. The van der Waals surface area contributed by atoms with Gasteiger partial charge in [-0.05, 0) is 12.1 Å². The van der Waals surface area contributed by atoms with Crippen molar-refractivity contribution in [2.45, 2.75) is 0 Å². The van der Waals surface area contributed by atoms with Gasteiger partial charge in [-0.15, -0.1) is 0 Å². The highest BCUT2D eigenvalue weighted by Gasteiger charge is 2.14. The van der Waals surface area contributed by atoms with E-state index in [1.807, 2.05) is 30.3 Å². The lowest BCUT2D eigenvalue weighted by atomic mass is 10.2. The number of methoxy groups -OCH3 is 3. The van der Waals surface area contributed by atoms with Crippen LogP contribution in [0.3, 0.4) is 0 Å². The van der Waals surface area contributed by atoms with Gasteiger partial charge in [0.05, 0.1) is 39.1 Å². The van der Waals surface area contributed by atoms with Gasteiger partial charge < -0.3 is 24.8 Å². The Morgan fingerprint density at radius 1 is 1.00 bits per heavy atom. The number of rotatable bonds is 7. The number of aromatic nitrogens is 1. The molecule has 0 aliphatic rings. The molecular weight excluding hydrogens is 346 g/mol. The first kappa shape index (κ1) is 18.3. The Kier molecular flexibility index (Phi) is 5.61. The van der Waals surface area contributed by atoms with Crippen LogP contribution in [0.2, 0.25) is 0 Å². The third-order valence-electron chi connectivity index (χ3n) is 4.02. The van der Waals surface area contributed by atoms with E-state index in [9.17, 15) is 4.79 Å². The summed E-state index contributed by atoms with van der Waals surface area (Å²) in [5, 5.41) is 6.91. The van der Waals surface area contributed by atoms with Crippen molar-refractivity contribution in [3.8, 4) is 17.2 Å². The van der Waals surface area contributed by atoms with Crippen molar-refractivity contribution in [3.05, 3.63) is 48.7 Å². The molecule has 0 saturated heterocycles. The maximum Gasteiger partial charge on any atom is 0.243 e. The van der Waals surface area contributed by atoms with Crippen molar-refractivity contribution in [1.29, 1.82) is 0 Å². The van der Waals surface area contributed by atoms with E-state index < -0.39 is 0 Å². The first-order chi connectivity index (χ1) is 13.2. The number of amides is 1. The monoisotopic (exact) mass is 367 g/mol. The number of benzene rings is 2. The molecule has 1 aromatic heterocycles. The fraction of sp³-hybridized carbons (Fsp3) is 0.200. The van der Waals surface area contributed by atoms with E-state index in [2.05, 4.69) is 15.6 Å². The van der Waals surface area contributed by atoms with Gasteiger partial charge in [0.1, 0.15) is 0 Å². The van der Waals surface area contributed by atoms with Gasteiger partial charge >= 0.3 is 0 Å². The van der Waals surface area contributed by atoms with Gasteiger partial charge in [0.15, 0.2) is 11.5 Å². The van der Waals surface area contributed by atoms with E-state index in [1.54, 1.807) is 39.7 Å². The minimum Gasteiger partial charge on any atom is -0.493 e. The van der Waals surface area contributed by atoms with Gasteiger partial charge in [0.25, 0.3) is 0 Å². The topological polar surface area (TPSA) is 81.7 Å². The van der Waals surface area contributed by atoms with Crippen molar-refractivity contribution >= 4 is 28.2 Å². The lowest BCUT2D eigenvalue weighted by molar-refractivity contribution is -0.114. The van der Waals surface area contributed by atoms with E-state index >= 15 is 0 Å². The zero-order valence-electron chi connectivity index (χ0n) is 15.4. The molecule has 3 aromatic rings. The third kappa shape index (κ3) is 4.03. The molecule has 0 spiro atoms. The zero-order chi connectivity index (χ0) is 19.2. The number of hydrogen-bond donors (Lipinski definition) is 2. The van der Waals surface area contributed by atoms with Crippen LogP contribution in [0.5, 0.6) is 17.2 Å².